The number of nitrogens with zero attached hydrogens (tertiary/aromatic N) is 4. The zero-order chi connectivity index (χ0) is 25.2. The van der Waals surface area contributed by atoms with Gasteiger partial charge in [-0.2, -0.15) is 18.3 Å². The molecule has 7 nitrogen and oxygen atoms in total. The Balaban J connectivity index is 1.39. The highest BCUT2D eigenvalue weighted by atomic mass is 32.1. The van der Waals surface area contributed by atoms with E-state index in [0.717, 1.165) is 16.0 Å². The lowest BCUT2D eigenvalue weighted by Gasteiger charge is -2.28. The summed E-state index contributed by atoms with van der Waals surface area (Å²) in [7, 11) is 3.84. The maximum atomic E-state index is 13.9. The van der Waals surface area contributed by atoms with Crippen LogP contribution < -0.4 is 5.32 Å². The third-order valence-corrected chi connectivity index (χ3v) is 7.75. The van der Waals surface area contributed by atoms with Crippen molar-refractivity contribution in [3.63, 3.8) is 0 Å². The number of benzene rings is 1. The molecular formula is C24H29F3N6OS. The second-order valence-corrected chi connectivity index (χ2v) is 10.6. The lowest BCUT2D eigenvalue weighted by molar-refractivity contribution is -0.194. The third-order valence-electron chi connectivity index (χ3n) is 6.73. The van der Waals surface area contributed by atoms with Crippen molar-refractivity contribution in [1.29, 1.82) is 0 Å². The van der Waals surface area contributed by atoms with Crippen LogP contribution in [0, 0.1) is 12.3 Å². The Morgan fingerprint density at radius 3 is 2.46 bits per heavy atom. The molecule has 1 amide bonds. The molecule has 11 heteroatoms. The van der Waals surface area contributed by atoms with Crippen molar-refractivity contribution in [2.75, 3.05) is 20.6 Å². The van der Waals surface area contributed by atoms with Crippen LogP contribution in [-0.2, 0) is 11.2 Å². The van der Waals surface area contributed by atoms with Crippen molar-refractivity contribution < 1.29 is 18.0 Å². The van der Waals surface area contributed by atoms with E-state index in [4.69, 9.17) is 0 Å². The van der Waals surface area contributed by atoms with Gasteiger partial charge >= 0.3 is 6.18 Å². The van der Waals surface area contributed by atoms with E-state index in [0.29, 0.717) is 23.8 Å². The molecule has 0 aliphatic heterocycles. The van der Waals surface area contributed by atoms with Crippen molar-refractivity contribution in [2.24, 2.45) is 5.41 Å². The number of thiazole rings is 1. The number of hydrogen-bond donors (Lipinski definition) is 2. The second kappa shape index (κ2) is 10.1. The Bertz CT molecular complexity index is 1120. The number of aromatic amines is 1. The standard InChI is InChI=1S/C24H29F3N6OS/c1-15-12-29-22(35-15)19(23(8-9-23)24(25,26)27)11-20(34)28-13-18(33(2)3)10-16-4-6-17(7-5-16)21-30-14-31-32-21/h4-7,12,14,18-19H,8-11,13H2,1-3H3,(H,28,34)(H,30,31,32)/t18-,19+/m0/s1. The van der Waals surface area contributed by atoms with Gasteiger partial charge in [-0.25, -0.2) is 9.97 Å². The number of aromatic nitrogens is 4. The minimum Gasteiger partial charge on any atom is -0.355 e. The summed E-state index contributed by atoms with van der Waals surface area (Å²) < 4.78 is 41.7. The highest BCUT2D eigenvalue weighted by Gasteiger charge is 2.68. The summed E-state index contributed by atoms with van der Waals surface area (Å²) in [6.07, 6.45) is -0.804. The maximum absolute atomic E-state index is 13.9. The molecule has 1 aliphatic rings. The molecule has 0 saturated heterocycles. The first-order chi connectivity index (χ1) is 16.6. The third kappa shape index (κ3) is 5.72. The van der Waals surface area contributed by atoms with E-state index in [1.807, 2.05) is 50.2 Å². The van der Waals surface area contributed by atoms with E-state index in [-0.39, 0.29) is 31.2 Å². The van der Waals surface area contributed by atoms with E-state index in [1.54, 1.807) is 6.20 Å². The van der Waals surface area contributed by atoms with E-state index in [2.05, 4.69) is 25.5 Å². The molecule has 1 fully saturated rings. The monoisotopic (exact) mass is 506 g/mol. The molecule has 2 heterocycles. The summed E-state index contributed by atoms with van der Waals surface area (Å²) >= 11 is 1.24. The van der Waals surface area contributed by atoms with Crippen molar-refractivity contribution in [2.45, 2.75) is 50.7 Å². The number of rotatable bonds is 10. The minimum absolute atomic E-state index is 0.0202. The normalized spacial score (nSPS) is 16.8. The SMILES string of the molecule is Cc1cnc([C@@H](CC(=O)NC[C@H](Cc2ccc(-c3ncn[nH]3)cc2)N(C)C)C2(C(F)(F)F)CC2)s1. The van der Waals surface area contributed by atoms with Crippen LogP contribution in [-0.4, -0.2) is 63.8 Å². The van der Waals surface area contributed by atoms with Crippen LogP contribution in [0.4, 0.5) is 13.2 Å². The highest BCUT2D eigenvalue weighted by molar-refractivity contribution is 7.11. The molecule has 3 aromatic rings. The molecule has 2 aromatic heterocycles. The van der Waals surface area contributed by atoms with Gasteiger partial charge in [0.2, 0.25) is 5.91 Å². The van der Waals surface area contributed by atoms with Gasteiger partial charge in [-0.3, -0.25) is 9.89 Å². The topological polar surface area (TPSA) is 86.8 Å². The Hall–Kier alpha value is -2.79. The van der Waals surface area contributed by atoms with Crippen LogP contribution in [0.1, 0.15) is 40.6 Å². The predicted octanol–water partition coefficient (Wildman–Crippen LogP) is 4.34. The molecule has 35 heavy (non-hydrogen) atoms. The number of nitrogens with one attached hydrogen (secondary N) is 2. The van der Waals surface area contributed by atoms with E-state index >= 15 is 0 Å². The van der Waals surface area contributed by atoms with Gasteiger partial charge in [0.25, 0.3) is 0 Å². The molecule has 1 saturated carbocycles. The van der Waals surface area contributed by atoms with Crippen molar-refractivity contribution in [3.05, 3.63) is 52.2 Å². The summed E-state index contributed by atoms with van der Waals surface area (Å²) in [6.45, 7) is 2.14. The molecule has 188 valence electrons. The van der Waals surface area contributed by atoms with Crippen molar-refractivity contribution >= 4 is 17.2 Å². The number of carbonyl (C=O) groups is 1. The van der Waals surface area contributed by atoms with E-state index in [9.17, 15) is 18.0 Å². The van der Waals surface area contributed by atoms with Gasteiger partial charge in [-0.15, -0.1) is 11.3 Å². The predicted molar refractivity (Wildman–Crippen MR) is 128 cm³/mol. The fourth-order valence-corrected chi connectivity index (χ4v) is 5.35. The smallest absolute Gasteiger partial charge is 0.355 e. The summed E-state index contributed by atoms with van der Waals surface area (Å²) in [5, 5.41) is 9.96. The Morgan fingerprint density at radius 1 is 1.23 bits per heavy atom. The zero-order valence-electron chi connectivity index (χ0n) is 19.9. The van der Waals surface area contributed by atoms with Crippen LogP contribution in [0.5, 0.6) is 0 Å². The fraction of sp³-hybridized carbons (Fsp3) is 0.500. The molecule has 4 rings (SSSR count). The Labute approximate surface area is 206 Å². The number of carbonyl (C=O) groups excluding carboxylic acids is 1. The summed E-state index contributed by atoms with van der Waals surface area (Å²) in [4.78, 5) is 24.1. The summed E-state index contributed by atoms with van der Waals surface area (Å²) in [5.74, 6) is -0.654. The van der Waals surface area contributed by atoms with Gasteiger partial charge in [0, 0.05) is 41.6 Å². The Morgan fingerprint density at radius 2 is 1.94 bits per heavy atom. The molecule has 2 atom stereocenters. The Kier molecular flexibility index (Phi) is 7.27. The van der Waals surface area contributed by atoms with Gasteiger partial charge in [0.1, 0.15) is 6.33 Å². The number of halogens is 3. The molecule has 1 aromatic carbocycles. The number of hydrogen-bond acceptors (Lipinski definition) is 6. The average molecular weight is 507 g/mol. The first-order valence-corrected chi connectivity index (χ1v) is 12.3. The highest BCUT2D eigenvalue weighted by Crippen LogP contribution is 2.66. The zero-order valence-corrected chi connectivity index (χ0v) is 20.7. The van der Waals surface area contributed by atoms with Crippen LogP contribution in [0.25, 0.3) is 11.4 Å². The molecule has 0 unspecified atom stereocenters. The van der Waals surface area contributed by atoms with Crippen molar-refractivity contribution in [3.8, 4) is 11.4 Å². The number of amides is 1. The van der Waals surface area contributed by atoms with Crippen molar-refractivity contribution in [1.82, 2.24) is 30.4 Å². The maximum Gasteiger partial charge on any atom is 0.395 e. The fourth-order valence-electron chi connectivity index (χ4n) is 4.36. The van der Waals surface area contributed by atoms with Gasteiger partial charge in [-0.1, -0.05) is 24.3 Å². The van der Waals surface area contributed by atoms with Gasteiger partial charge in [0.15, 0.2) is 5.82 Å². The van der Waals surface area contributed by atoms with E-state index in [1.165, 1.54) is 17.7 Å². The number of likely N-dealkylation sites (N-methyl/N-ethyl adjacent to an activating group) is 1. The number of aryl methyl sites for hydroxylation is 1. The first-order valence-electron chi connectivity index (χ1n) is 11.5. The van der Waals surface area contributed by atoms with E-state index < -0.39 is 17.5 Å². The molecule has 0 radical (unpaired) electrons. The van der Waals surface area contributed by atoms with Crippen LogP contribution in [0.3, 0.4) is 0 Å². The summed E-state index contributed by atoms with van der Waals surface area (Å²) in [5.41, 5.74) is 0.148. The van der Waals surface area contributed by atoms with Gasteiger partial charge < -0.3 is 10.2 Å². The molecule has 1 aliphatic carbocycles. The average Bonchev–Trinajstić information content (AvgIpc) is 3.23. The molecule has 0 bridgehead atoms. The largest absolute Gasteiger partial charge is 0.395 e. The number of H-pyrrole nitrogens is 1. The van der Waals surface area contributed by atoms with Gasteiger partial charge in [0.05, 0.1) is 10.4 Å². The molecular weight excluding hydrogens is 477 g/mol. The lowest BCUT2D eigenvalue weighted by Crippen LogP contribution is -2.42. The van der Waals surface area contributed by atoms with Crippen LogP contribution in [0.15, 0.2) is 36.8 Å². The lowest BCUT2D eigenvalue weighted by atomic mass is 9.85. The molecule has 0 spiro atoms. The second-order valence-electron chi connectivity index (χ2n) is 9.38. The van der Waals surface area contributed by atoms with Crippen LogP contribution >= 0.6 is 11.3 Å². The number of alkyl halides is 3. The van der Waals surface area contributed by atoms with Crippen LogP contribution in [0.2, 0.25) is 0 Å². The van der Waals surface area contributed by atoms with Gasteiger partial charge in [-0.05, 0) is 45.8 Å². The molecule has 2 N–H and O–H groups in total. The quantitative estimate of drug-likeness (QED) is 0.427. The first kappa shape index (κ1) is 25.3. The minimum atomic E-state index is -4.36. The summed E-state index contributed by atoms with van der Waals surface area (Å²) in [6, 6.07) is 7.88.